The number of ether oxygens (including phenoxy) is 2. The van der Waals surface area contributed by atoms with Crippen LogP contribution in [0.2, 0.25) is 0 Å². The highest BCUT2D eigenvalue weighted by molar-refractivity contribution is 5.39. The summed E-state index contributed by atoms with van der Waals surface area (Å²) in [6, 6.07) is 0.585. The summed E-state index contributed by atoms with van der Waals surface area (Å²) in [6.07, 6.45) is 1.01. The number of methoxy groups -OCH3 is 1. The molecule has 1 aromatic heterocycles. The van der Waals surface area contributed by atoms with E-state index in [1.165, 1.54) is 0 Å². The lowest BCUT2D eigenvalue weighted by Crippen LogP contribution is -2.44. The summed E-state index contributed by atoms with van der Waals surface area (Å²) in [5, 5.41) is 3.16. The first-order valence-corrected chi connectivity index (χ1v) is 6.63. The van der Waals surface area contributed by atoms with Gasteiger partial charge in [-0.15, -0.1) is 0 Å². The molecular formula is C12H21N5O2. The minimum absolute atomic E-state index is 0.250. The van der Waals surface area contributed by atoms with E-state index in [1.54, 1.807) is 7.11 Å². The maximum atomic E-state index is 5.43. The van der Waals surface area contributed by atoms with Crippen LogP contribution >= 0.6 is 0 Å². The molecule has 7 nitrogen and oxygen atoms in total. The summed E-state index contributed by atoms with van der Waals surface area (Å²) >= 11 is 0. The first-order valence-electron chi connectivity index (χ1n) is 6.63. The summed E-state index contributed by atoms with van der Waals surface area (Å²) in [6.45, 7) is 7.17. The fourth-order valence-electron chi connectivity index (χ4n) is 1.91. The first kappa shape index (κ1) is 13.8. The molecule has 0 spiro atoms. The van der Waals surface area contributed by atoms with E-state index in [2.05, 4.69) is 39.0 Å². The maximum Gasteiger partial charge on any atom is 0.322 e. The Bertz CT molecular complexity index is 415. The fourth-order valence-corrected chi connectivity index (χ4v) is 1.91. The minimum atomic E-state index is 0.250. The molecule has 1 saturated heterocycles. The second kappa shape index (κ2) is 6.51. The predicted molar refractivity (Wildman–Crippen MR) is 72.8 cm³/mol. The van der Waals surface area contributed by atoms with Crippen LogP contribution in [0.1, 0.15) is 20.3 Å². The van der Waals surface area contributed by atoms with Crippen molar-refractivity contribution in [1.82, 2.24) is 15.0 Å². The first-order chi connectivity index (χ1) is 9.24. The van der Waals surface area contributed by atoms with Crippen molar-refractivity contribution in [3.05, 3.63) is 0 Å². The Morgan fingerprint density at radius 1 is 1.42 bits per heavy atom. The predicted octanol–water partition coefficient (Wildman–Crippen LogP) is 0.927. The molecular weight excluding hydrogens is 246 g/mol. The van der Waals surface area contributed by atoms with Crippen LogP contribution in [0.3, 0.4) is 0 Å². The van der Waals surface area contributed by atoms with Gasteiger partial charge in [-0.2, -0.15) is 15.0 Å². The van der Waals surface area contributed by atoms with E-state index >= 15 is 0 Å². The van der Waals surface area contributed by atoms with E-state index in [0.29, 0.717) is 31.1 Å². The van der Waals surface area contributed by atoms with Gasteiger partial charge in [-0.25, -0.2) is 0 Å². The minimum Gasteiger partial charge on any atom is -0.467 e. The number of morpholine rings is 1. The lowest BCUT2D eigenvalue weighted by molar-refractivity contribution is 0.0980. The summed E-state index contributed by atoms with van der Waals surface area (Å²) < 4.78 is 10.6. The average Bonchev–Trinajstić information content (AvgIpc) is 2.45. The Balaban J connectivity index is 2.22. The third kappa shape index (κ3) is 3.44. The largest absolute Gasteiger partial charge is 0.467 e. The van der Waals surface area contributed by atoms with Gasteiger partial charge in [-0.05, 0) is 13.3 Å². The van der Waals surface area contributed by atoms with Gasteiger partial charge in [0.1, 0.15) is 0 Å². The smallest absolute Gasteiger partial charge is 0.322 e. The number of aromatic nitrogens is 3. The van der Waals surface area contributed by atoms with E-state index in [-0.39, 0.29) is 6.04 Å². The molecule has 0 radical (unpaired) electrons. The van der Waals surface area contributed by atoms with Crippen LogP contribution < -0.4 is 15.0 Å². The third-order valence-electron chi connectivity index (χ3n) is 2.94. The van der Waals surface area contributed by atoms with Crippen LogP contribution in [0.4, 0.5) is 11.9 Å². The third-order valence-corrected chi connectivity index (χ3v) is 2.94. The van der Waals surface area contributed by atoms with Crippen molar-refractivity contribution in [2.75, 3.05) is 43.6 Å². The summed E-state index contributed by atoms with van der Waals surface area (Å²) in [5.74, 6) is 1.20. The second-order valence-electron chi connectivity index (χ2n) is 4.49. The van der Waals surface area contributed by atoms with Crippen LogP contribution in [0.15, 0.2) is 0 Å². The molecule has 1 aliphatic rings. The van der Waals surface area contributed by atoms with Crippen molar-refractivity contribution in [2.45, 2.75) is 26.3 Å². The Kier molecular flexibility index (Phi) is 4.73. The van der Waals surface area contributed by atoms with Crippen LogP contribution in [-0.2, 0) is 4.74 Å². The molecule has 0 aliphatic carbocycles. The van der Waals surface area contributed by atoms with Gasteiger partial charge < -0.3 is 19.7 Å². The van der Waals surface area contributed by atoms with E-state index in [1.807, 2.05) is 0 Å². The van der Waals surface area contributed by atoms with Crippen molar-refractivity contribution in [1.29, 1.82) is 0 Å². The molecule has 7 heteroatoms. The molecule has 1 N–H and O–H groups in total. The zero-order valence-electron chi connectivity index (χ0n) is 11.7. The normalized spacial score (nSPS) is 19.3. The standard InChI is InChI=1S/C12H21N5O2/c1-4-5-13-10-14-11(16-12(15-10)18-3)17-6-7-19-8-9(17)2/h9H,4-8H2,1-3H3,(H,13,14,15,16). The highest BCUT2D eigenvalue weighted by Gasteiger charge is 2.22. The van der Waals surface area contributed by atoms with Crippen LogP contribution in [0, 0.1) is 0 Å². The average molecular weight is 267 g/mol. The molecule has 106 valence electrons. The summed E-state index contributed by atoms with van der Waals surface area (Å²) in [4.78, 5) is 15.1. The molecule has 2 rings (SSSR count). The van der Waals surface area contributed by atoms with Crippen LogP contribution in [0.5, 0.6) is 6.01 Å². The highest BCUT2D eigenvalue weighted by atomic mass is 16.5. The van der Waals surface area contributed by atoms with Gasteiger partial charge in [-0.1, -0.05) is 6.92 Å². The molecule has 2 heterocycles. The summed E-state index contributed by atoms with van der Waals surface area (Å²) in [5.41, 5.74) is 0. The van der Waals surface area contributed by atoms with Gasteiger partial charge in [0.15, 0.2) is 0 Å². The van der Waals surface area contributed by atoms with Gasteiger partial charge >= 0.3 is 6.01 Å². The van der Waals surface area contributed by atoms with E-state index in [0.717, 1.165) is 19.5 Å². The number of hydrogen-bond donors (Lipinski definition) is 1. The maximum absolute atomic E-state index is 5.43. The topological polar surface area (TPSA) is 72.4 Å². The lowest BCUT2D eigenvalue weighted by Gasteiger charge is -2.33. The van der Waals surface area contributed by atoms with Crippen molar-refractivity contribution in [3.8, 4) is 6.01 Å². The zero-order valence-corrected chi connectivity index (χ0v) is 11.7. The molecule has 1 atom stereocenters. The lowest BCUT2D eigenvalue weighted by atomic mass is 10.3. The molecule has 0 saturated carbocycles. The number of anilines is 2. The molecule has 1 unspecified atom stereocenters. The second-order valence-corrected chi connectivity index (χ2v) is 4.49. The van der Waals surface area contributed by atoms with Crippen molar-refractivity contribution < 1.29 is 9.47 Å². The van der Waals surface area contributed by atoms with Crippen LogP contribution in [-0.4, -0.2) is 54.4 Å². The number of nitrogens with zero attached hydrogens (tertiary/aromatic N) is 4. The molecule has 1 aliphatic heterocycles. The number of nitrogens with one attached hydrogen (secondary N) is 1. The molecule has 19 heavy (non-hydrogen) atoms. The van der Waals surface area contributed by atoms with Gasteiger partial charge in [0.25, 0.3) is 0 Å². The van der Waals surface area contributed by atoms with E-state index in [9.17, 15) is 0 Å². The Hall–Kier alpha value is -1.63. The van der Waals surface area contributed by atoms with Crippen molar-refractivity contribution >= 4 is 11.9 Å². The quantitative estimate of drug-likeness (QED) is 0.850. The zero-order chi connectivity index (χ0) is 13.7. The molecule has 0 aromatic carbocycles. The molecule has 1 fully saturated rings. The molecule has 0 bridgehead atoms. The Morgan fingerprint density at radius 3 is 2.95 bits per heavy atom. The van der Waals surface area contributed by atoms with Gasteiger partial charge in [0.2, 0.25) is 11.9 Å². The van der Waals surface area contributed by atoms with Gasteiger partial charge in [-0.3, -0.25) is 0 Å². The van der Waals surface area contributed by atoms with Crippen molar-refractivity contribution in [3.63, 3.8) is 0 Å². The Morgan fingerprint density at radius 2 is 2.26 bits per heavy atom. The molecule has 0 amide bonds. The van der Waals surface area contributed by atoms with Gasteiger partial charge in [0.05, 0.1) is 26.4 Å². The van der Waals surface area contributed by atoms with Gasteiger partial charge in [0, 0.05) is 13.1 Å². The number of rotatable bonds is 5. The number of hydrogen-bond acceptors (Lipinski definition) is 7. The van der Waals surface area contributed by atoms with Crippen LogP contribution in [0.25, 0.3) is 0 Å². The van der Waals surface area contributed by atoms with E-state index < -0.39 is 0 Å². The Labute approximate surface area is 113 Å². The van der Waals surface area contributed by atoms with E-state index in [4.69, 9.17) is 9.47 Å². The SMILES string of the molecule is CCCNc1nc(OC)nc(N2CCOCC2C)n1. The fraction of sp³-hybridized carbons (Fsp3) is 0.750. The van der Waals surface area contributed by atoms with Crippen molar-refractivity contribution in [2.24, 2.45) is 0 Å². The monoisotopic (exact) mass is 267 g/mol. The highest BCUT2D eigenvalue weighted by Crippen LogP contribution is 2.19. The molecule has 1 aromatic rings. The summed E-state index contributed by atoms with van der Waals surface area (Å²) in [7, 11) is 1.56.